The molecular formula is C56H45N. The molecule has 57 heavy (non-hydrogen) atoms. The maximum absolute atomic E-state index is 2.54. The highest BCUT2D eigenvalue weighted by Crippen LogP contribution is 2.70. The maximum Gasteiger partial charge on any atom is 0.0543 e. The number of fused-ring (bicyclic) bond motifs is 4. The Balaban J connectivity index is 0.989. The Hall–Kier alpha value is -6.18. The monoisotopic (exact) mass is 731 g/mol. The molecule has 0 amide bonds. The van der Waals surface area contributed by atoms with Gasteiger partial charge in [0.2, 0.25) is 0 Å². The fourth-order valence-electron chi connectivity index (χ4n) is 12.3. The first-order valence-electron chi connectivity index (χ1n) is 21.1. The van der Waals surface area contributed by atoms with E-state index in [1.54, 1.807) is 11.1 Å². The molecule has 0 saturated heterocycles. The van der Waals surface area contributed by atoms with Gasteiger partial charge in [-0.05, 0) is 153 Å². The Bertz CT molecular complexity index is 2750. The summed E-state index contributed by atoms with van der Waals surface area (Å²) >= 11 is 0. The zero-order chi connectivity index (χ0) is 37.5. The third-order valence-corrected chi connectivity index (χ3v) is 14.5. The number of hydrogen-bond acceptors (Lipinski definition) is 1. The van der Waals surface area contributed by atoms with Crippen LogP contribution < -0.4 is 4.90 Å². The summed E-state index contributed by atoms with van der Waals surface area (Å²) in [6, 6.07) is 70.4. The van der Waals surface area contributed by atoms with Gasteiger partial charge in [-0.2, -0.15) is 0 Å². The average Bonchev–Trinajstić information content (AvgIpc) is 3.57. The summed E-state index contributed by atoms with van der Waals surface area (Å²) in [6.45, 7) is 0. The van der Waals surface area contributed by atoms with Gasteiger partial charge in [-0.25, -0.2) is 0 Å². The Labute approximate surface area is 336 Å². The van der Waals surface area contributed by atoms with E-state index in [9.17, 15) is 0 Å². The largest absolute Gasteiger partial charge is 0.310 e. The molecule has 0 N–H and O–H groups in total. The van der Waals surface area contributed by atoms with Crippen molar-refractivity contribution >= 4 is 27.8 Å². The fourth-order valence-corrected chi connectivity index (χ4v) is 12.3. The summed E-state index contributed by atoms with van der Waals surface area (Å²) in [6.07, 6.45) is 7.02. The SMILES string of the molecule is c1ccc(-c2ccc(-c3ccc(N(c4ccc(-c5ccc6ccccc6c5)cc4)c4cccc5c4-c4ccccc4C54C5CC6CC(C5)CC4C6)cc3)cc2)cc1. The molecule has 4 saturated carbocycles. The minimum absolute atomic E-state index is 0.122. The lowest BCUT2D eigenvalue weighted by Gasteiger charge is -2.61. The van der Waals surface area contributed by atoms with Crippen molar-refractivity contribution in [2.24, 2.45) is 23.7 Å². The zero-order valence-corrected chi connectivity index (χ0v) is 32.2. The normalized spacial score (nSPS) is 22.5. The Morgan fingerprint density at radius 2 is 0.860 bits per heavy atom. The van der Waals surface area contributed by atoms with Crippen LogP contribution in [0.1, 0.15) is 43.2 Å². The highest BCUT2D eigenvalue weighted by atomic mass is 15.1. The summed E-state index contributed by atoms with van der Waals surface area (Å²) in [5.41, 5.74) is 17.2. The number of hydrogen-bond donors (Lipinski definition) is 0. The summed E-state index contributed by atoms with van der Waals surface area (Å²) in [7, 11) is 0. The third-order valence-electron chi connectivity index (χ3n) is 14.5. The predicted molar refractivity (Wildman–Crippen MR) is 238 cm³/mol. The lowest BCUT2D eigenvalue weighted by Crippen LogP contribution is -2.55. The molecule has 1 spiro atoms. The number of anilines is 3. The van der Waals surface area contributed by atoms with Gasteiger partial charge in [-0.15, -0.1) is 0 Å². The van der Waals surface area contributed by atoms with Crippen LogP contribution in [0.4, 0.5) is 17.1 Å². The molecule has 0 aromatic heterocycles. The summed E-state index contributed by atoms with van der Waals surface area (Å²) in [5, 5.41) is 2.54. The molecule has 0 aliphatic heterocycles. The fraction of sp³-hybridized carbons (Fsp3) is 0.179. The molecule has 13 rings (SSSR count). The van der Waals surface area contributed by atoms with E-state index in [4.69, 9.17) is 0 Å². The lowest BCUT2D eigenvalue weighted by molar-refractivity contribution is -0.0399. The Morgan fingerprint density at radius 1 is 0.368 bits per heavy atom. The summed E-state index contributed by atoms with van der Waals surface area (Å²) < 4.78 is 0. The molecule has 1 heteroatoms. The van der Waals surface area contributed by atoms with E-state index in [1.165, 1.54) is 104 Å². The van der Waals surface area contributed by atoms with Gasteiger partial charge in [0.15, 0.2) is 0 Å². The molecule has 0 heterocycles. The van der Waals surface area contributed by atoms with Gasteiger partial charge in [0.25, 0.3) is 0 Å². The first-order valence-corrected chi connectivity index (χ1v) is 21.1. The van der Waals surface area contributed by atoms with Crippen LogP contribution in [0.5, 0.6) is 0 Å². The first kappa shape index (κ1) is 33.0. The van der Waals surface area contributed by atoms with Crippen LogP contribution in [0, 0.1) is 23.7 Å². The van der Waals surface area contributed by atoms with Crippen molar-refractivity contribution in [3.8, 4) is 44.5 Å². The van der Waals surface area contributed by atoms with Crippen molar-refractivity contribution < 1.29 is 0 Å². The molecule has 274 valence electrons. The van der Waals surface area contributed by atoms with Crippen LogP contribution >= 0.6 is 0 Å². The quantitative estimate of drug-likeness (QED) is 0.165. The van der Waals surface area contributed by atoms with Crippen molar-refractivity contribution in [1.29, 1.82) is 0 Å². The topological polar surface area (TPSA) is 3.24 Å². The predicted octanol–water partition coefficient (Wildman–Crippen LogP) is 15.0. The minimum atomic E-state index is 0.122. The minimum Gasteiger partial charge on any atom is -0.310 e. The van der Waals surface area contributed by atoms with Crippen LogP contribution in [-0.4, -0.2) is 0 Å². The Morgan fingerprint density at radius 3 is 1.51 bits per heavy atom. The zero-order valence-electron chi connectivity index (χ0n) is 32.2. The van der Waals surface area contributed by atoms with Crippen molar-refractivity contribution in [2.45, 2.75) is 37.5 Å². The molecule has 0 unspecified atom stereocenters. The van der Waals surface area contributed by atoms with E-state index in [0.29, 0.717) is 0 Å². The number of nitrogens with zero attached hydrogens (tertiary/aromatic N) is 1. The van der Waals surface area contributed by atoms with Gasteiger partial charge in [0.1, 0.15) is 0 Å². The molecule has 0 radical (unpaired) electrons. The van der Waals surface area contributed by atoms with Crippen molar-refractivity contribution in [3.05, 3.63) is 199 Å². The molecule has 8 aromatic carbocycles. The second-order valence-electron chi connectivity index (χ2n) is 17.4. The van der Waals surface area contributed by atoms with Gasteiger partial charge in [0, 0.05) is 22.4 Å². The second kappa shape index (κ2) is 12.9. The summed E-state index contributed by atoms with van der Waals surface area (Å²) in [4.78, 5) is 2.54. The molecule has 8 aromatic rings. The van der Waals surface area contributed by atoms with Crippen LogP contribution in [0.25, 0.3) is 55.3 Å². The highest BCUT2D eigenvalue weighted by molar-refractivity contribution is 5.96. The van der Waals surface area contributed by atoms with E-state index >= 15 is 0 Å². The lowest BCUT2D eigenvalue weighted by atomic mass is 9.43. The molecule has 1 nitrogen and oxygen atoms in total. The van der Waals surface area contributed by atoms with Crippen LogP contribution in [0.3, 0.4) is 0 Å². The smallest absolute Gasteiger partial charge is 0.0543 e. The van der Waals surface area contributed by atoms with E-state index in [0.717, 1.165) is 23.7 Å². The first-order chi connectivity index (χ1) is 28.2. The van der Waals surface area contributed by atoms with Crippen LogP contribution in [0.2, 0.25) is 0 Å². The molecule has 4 fully saturated rings. The van der Waals surface area contributed by atoms with Gasteiger partial charge < -0.3 is 4.90 Å². The molecule has 5 aliphatic carbocycles. The Kier molecular flexibility index (Phi) is 7.49. The molecular weight excluding hydrogens is 687 g/mol. The van der Waals surface area contributed by atoms with Crippen molar-refractivity contribution in [3.63, 3.8) is 0 Å². The summed E-state index contributed by atoms with van der Waals surface area (Å²) in [5.74, 6) is 3.30. The molecule has 4 bridgehead atoms. The van der Waals surface area contributed by atoms with Crippen LogP contribution in [-0.2, 0) is 5.41 Å². The average molecular weight is 732 g/mol. The van der Waals surface area contributed by atoms with E-state index < -0.39 is 0 Å². The van der Waals surface area contributed by atoms with E-state index in [2.05, 4.69) is 193 Å². The van der Waals surface area contributed by atoms with Crippen molar-refractivity contribution in [2.75, 3.05) is 4.90 Å². The van der Waals surface area contributed by atoms with Gasteiger partial charge in [-0.1, -0.05) is 152 Å². The standard InChI is InChI=1S/C56H45N/c1-2-9-39(10-3-1)41-17-19-42(20-18-41)43-23-27-49(28-24-43)57(50-29-25-44(26-30-50)46-22-21-40-11-4-5-12-45(40)36-46)54-16-8-15-53-55(54)51-13-6-7-14-52(51)56(53)47-32-37-31-38(34-47)35-48(56)33-37/h1-30,36-38,47-48H,31-35H2. The van der Waals surface area contributed by atoms with E-state index in [1.807, 2.05) is 0 Å². The van der Waals surface area contributed by atoms with Gasteiger partial charge in [0.05, 0.1) is 5.69 Å². The molecule has 5 aliphatic rings. The van der Waals surface area contributed by atoms with Crippen LogP contribution in [0.15, 0.2) is 188 Å². The number of rotatable bonds is 6. The van der Waals surface area contributed by atoms with Gasteiger partial charge in [-0.3, -0.25) is 0 Å². The number of benzene rings is 8. The maximum atomic E-state index is 2.54. The molecule has 0 atom stereocenters. The van der Waals surface area contributed by atoms with Crippen molar-refractivity contribution in [1.82, 2.24) is 0 Å². The highest BCUT2D eigenvalue weighted by Gasteiger charge is 2.61. The van der Waals surface area contributed by atoms with Gasteiger partial charge >= 0.3 is 0 Å². The third kappa shape index (κ3) is 5.14. The van der Waals surface area contributed by atoms with E-state index in [-0.39, 0.29) is 5.41 Å². The second-order valence-corrected chi connectivity index (χ2v) is 17.4.